The fourth-order valence-electron chi connectivity index (χ4n) is 4.51. The van der Waals surface area contributed by atoms with Crippen molar-refractivity contribution in [3.63, 3.8) is 0 Å². The Kier molecular flexibility index (Phi) is 6.26. The number of rotatable bonds is 4. The molecule has 0 bridgehead atoms. The zero-order chi connectivity index (χ0) is 19.6. The van der Waals surface area contributed by atoms with Crippen molar-refractivity contribution in [1.82, 2.24) is 9.62 Å². The summed E-state index contributed by atoms with van der Waals surface area (Å²) in [6, 6.07) is 6.61. The van der Waals surface area contributed by atoms with Gasteiger partial charge in [0.05, 0.1) is 4.90 Å². The van der Waals surface area contributed by atoms with Crippen LogP contribution in [0.4, 0.5) is 0 Å². The third kappa shape index (κ3) is 4.72. The maximum atomic E-state index is 12.9. The molecule has 1 saturated heterocycles. The lowest BCUT2D eigenvalue weighted by atomic mass is 9.86. The fourth-order valence-corrected chi connectivity index (χ4v) is 6.19. The van der Waals surface area contributed by atoms with E-state index in [2.05, 4.69) is 26.1 Å². The molecule has 0 aromatic heterocycles. The van der Waals surface area contributed by atoms with Crippen LogP contribution in [0.1, 0.15) is 63.2 Å². The van der Waals surface area contributed by atoms with Crippen LogP contribution >= 0.6 is 0 Å². The number of sulfonamides is 1. The Labute approximate surface area is 163 Å². The average Bonchev–Trinajstić information content (AvgIpc) is 2.63. The number of hydrogen-bond acceptors (Lipinski definition) is 3. The standard InChI is InChI=1S/C21H32N2O3S/c1-15-12-16(2)14-23(13-15)27(25,26)19-10-8-18(9-11-19)21(24)22-20-7-5-4-6-17(20)3/h8-11,15-17,20H,4-7,12-14H2,1-3H3,(H,22,24)/t15-,16+,17-,20-/m0/s1. The zero-order valence-electron chi connectivity index (χ0n) is 16.6. The van der Waals surface area contributed by atoms with E-state index in [1.165, 1.54) is 6.42 Å². The number of benzene rings is 1. The lowest BCUT2D eigenvalue weighted by Gasteiger charge is -2.34. The first-order valence-electron chi connectivity index (χ1n) is 10.2. The number of nitrogens with zero attached hydrogens (tertiary/aromatic N) is 1. The van der Waals surface area contributed by atoms with Gasteiger partial charge in [0.2, 0.25) is 10.0 Å². The summed E-state index contributed by atoms with van der Waals surface area (Å²) in [6.45, 7) is 7.50. The van der Waals surface area contributed by atoms with E-state index in [0.717, 1.165) is 25.7 Å². The van der Waals surface area contributed by atoms with Crippen molar-refractivity contribution >= 4 is 15.9 Å². The van der Waals surface area contributed by atoms with Crippen LogP contribution in [0.15, 0.2) is 29.2 Å². The molecule has 1 aliphatic heterocycles. The molecule has 6 heteroatoms. The van der Waals surface area contributed by atoms with Gasteiger partial charge in [-0.1, -0.05) is 33.6 Å². The first-order chi connectivity index (χ1) is 12.8. The van der Waals surface area contributed by atoms with Gasteiger partial charge in [0.25, 0.3) is 5.91 Å². The molecule has 1 saturated carbocycles. The summed E-state index contributed by atoms with van der Waals surface area (Å²) in [7, 11) is -3.50. The molecule has 0 unspecified atom stereocenters. The highest BCUT2D eigenvalue weighted by Crippen LogP contribution is 2.27. The molecule has 1 amide bonds. The number of hydrogen-bond donors (Lipinski definition) is 1. The second-order valence-corrected chi connectivity index (χ2v) is 10.6. The predicted molar refractivity (Wildman–Crippen MR) is 107 cm³/mol. The maximum Gasteiger partial charge on any atom is 0.251 e. The van der Waals surface area contributed by atoms with E-state index < -0.39 is 10.0 Å². The van der Waals surface area contributed by atoms with Crippen LogP contribution in [0.2, 0.25) is 0 Å². The van der Waals surface area contributed by atoms with Crippen LogP contribution in [-0.2, 0) is 10.0 Å². The number of carbonyl (C=O) groups is 1. The van der Waals surface area contributed by atoms with Gasteiger partial charge < -0.3 is 5.32 Å². The second-order valence-electron chi connectivity index (χ2n) is 8.63. The number of amides is 1. The highest BCUT2D eigenvalue weighted by molar-refractivity contribution is 7.89. The van der Waals surface area contributed by atoms with Gasteiger partial charge in [-0.3, -0.25) is 4.79 Å². The molecule has 1 aromatic carbocycles. The first-order valence-corrected chi connectivity index (χ1v) is 11.6. The Morgan fingerprint density at radius 2 is 1.59 bits per heavy atom. The van der Waals surface area contributed by atoms with Crippen LogP contribution in [-0.4, -0.2) is 37.8 Å². The summed E-state index contributed by atoms with van der Waals surface area (Å²) in [5.41, 5.74) is 0.520. The number of carbonyl (C=O) groups excluding carboxylic acids is 1. The van der Waals surface area contributed by atoms with E-state index in [0.29, 0.717) is 36.4 Å². The van der Waals surface area contributed by atoms with Crippen LogP contribution in [0.25, 0.3) is 0 Å². The topological polar surface area (TPSA) is 66.5 Å². The summed E-state index contributed by atoms with van der Waals surface area (Å²) >= 11 is 0. The number of nitrogens with one attached hydrogen (secondary N) is 1. The molecular weight excluding hydrogens is 360 g/mol. The molecule has 150 valence electrons. The largest absolute Gasteiger partial charge is 0.349 e. The Balaban J connectivity index is 1.69. The van der Waals surface area contributed by atoms with E-state index >= 15 is 0 Å². The van der Waals surface area contributed by atoms with E-state index in [9.17, 15) is 13.2 Å². The molecule has 2 aliphatic rings. The quantitative estimate of drug-likeness (QED) is 0.850. The van der Waals surface area contributed by atoms with Gasteiger partial charge in [-0.05, 0) is 61.3 Å². The van der Waals surface area contributed by atoms with Crippen molar-refractivity contribution in [2.45, 2.75) is 63.8 Å². The smallest absolute Gasteiger partial charge is 0.251 e. The normalized spacial score (nSPS) is 30.0. The second kappa shape index (κ2) is 8.31. The fraction of sp³-hybridized carbons (Fsp3) is 0.667. The van der Waals surface area contributed by atoms with Crippen molar-refractivity contribution in [1.29, 1.82) is 0 Å². The third-order valence-electron chi connectivity index (χ3n) is 6.02. The summed E-state index contributed by atoms with van der Waals surface area (Å²) in [5.74, 6) is 1.11. The van der Waals surface area contributed by atoms with E-state index in [4.69, 9.17) is 0 Å². The van der Waals surface area contributed by atoms with E-state index in [1.54, 1.807) is 28.6 Å². The minimum absolute atomic E-state index is 0.113. The van der Waals surface area contributed by atoms with Gasteiger partial charge in [0, 0.05) is 24.7 Å². The Morgan fingerprint density at radius 3 is 2.19 bits per heavy atom. The molecular formula is C21H32N2O3S. The van der Waals surface area contributed by atoms with Crippen molar-refractivity contribution in [2.24, 2.45) is 17.8 Å². The molecule has 1 aliphatic carbocycles. The summed E-state index contributed by atoms with van der Waals surface area (Å²) in [4.78, 5) is 12.8. The zero-order valence-corrected chi connectivity index (χ0v) is 17.5. The molecule has 3 rings (SSSR count). The van der Waals surface area contributed by atoms with Crippen LogP contribution in [0.3, 0.4) is 0 Å². The first kappa shape index (κ1) is 20.3. The summed E-state index contributed by atoms with van der Waals surface area (Å²) in [5, 5.41) is 3.12. The minimum Gasteiger partial charge on any atom is -0.349 e. The van der Waals surface area contributed by atoms with Gasteiger partial charge in [-0.15, -0.1) is 0 Å². The monoisotopic (exact) mass is 392 g/mol. The Bertz CT molecular complexity index is 750. The molecule has 1 heterocycles. The highest BCUT2D eigenvalue weighted by atomic mass is 32.2. The van der Waals surface area contributed by atoms with Gasteiger partial charge in [0.1, 0.15) is 0 Å². The van der Waals surface area contributed by atoms with Crippen LogP contribution in [0.5, 0.6) is 0 Å². The predicted octanol–water partition coefficient (Wildman–Crippen LogP) is 3.66. The SMILES string of the molecule is C[C@@H]1C[C@H](C)CN(S(=O)(=O)c2ccc(C(=O)N[C@H]3CCCC[C@@H]3C)cc2)C1. The Morgan fingerprint density at radius 1 is 1.00 bits per heavy atom. The third-order valence-corrected chi connectivity index (χ3v) is 7.86. The molecule has 0 radical (unpaired) electrons. The molecule has 4 atom stereocenters. The van der Waals surface area contributed by atoms with Gasteiger partial charge in [0.15, 0.2) is 0 Å². The molecule has 0 spiro atoms. The average molecular weight is 393 g/mol. The van der Waals surface area contributed by atoms with Gasteiger partial charge in [-0.2, -0.15) is 4.31 Å². The van der Waals surface area contributed by atoms with Crippen molar-refractivity contribution in [3.05, 3.63) is 29.8 Å². The summed E-state index contributed by atoms with van der Waals surface area (Å²) in [6.07, 6.45) is 5.61. The molecule has 1 N–H and O–H groups in total. The van der Waals surface area contributed by atoms with E-state index in [-0.39, 0.29) is 16.8 Å². The van der Waals surface area contributed by atoms with Crippen LogP contribution in [0, 0.1) is 17.8 Å². The highest BCUT2D eigenvalue weighted by Gasteiger charge is 2.31. The number of piperidine rings is 1. The van der Waals surface area contributed by atoms with Crippen LogP contribution < -0.4 is 5.32 Å². The van der Waals surface area contributed by atoms with Gasteiger partial charge in [-0.25, -0.2) is 8.42 Å². The maximum absolute atomic E-state index is 12.9. The van der Waals surface area contributed by atoms with Crippen molar-refractivity contribution < 1.29 is 13.2 Å². The van der Waals surface area contributed by atoms with Crippen molar-refractivity contribution in [3.8, 4) is 0 Å². The Hall–Kier alpha value is -1.40. The van der Waals surface area contributed by atoms with Crippen molar-refractivity contribution in [2.75, 3.05) is 13.1 Å². The minimum atomic E-state index is -3.50. The lowest BCUT2D eigenvalue weighted by molar-refractivity contribution is 0.0910. The van der Waals surface area contributed by atoms with Gasteiger partial charge >= 0.3 is 0 Å². The van der Waals surface area contributed by atoms with E-state index in [1.807, 2.05) is 0 Å². The summed E-state index contributed by atoms with van der Waals surface area (Å²) < 4.78 is 27.5. The molecule has 2 fully saturated rings. The lowest BCUT2D eigenvalue weighted by Crippen LogP contribution is -2.42. The molecule has 1 aromatic rings. The molecule has 5 nitrogen and oxygen atoms in total. The molecule has 27 heavy (non-hydrogen) atoms.